The van der Waals surface area contributed by atoms with Crippen LogP contribution in [0.3, 0.4) is 0 Å². The smallest absolute Gasteiger partial charge is 0.226 e. The topological polar surface area (TPSA) is 57.0 Å². The van der Waals surface area contributed by atoms with Crippen LogP contribution >= 0.6 is 11.6 Å². The summed E-state index contributed by atoms with van der Waals surface area (Å²) in [6.45, 7) is 0.189. The molecule has 0 fully saturated rings. The second-order valence-corrected chi connectivity index (χ2v) is 9.23. The van der Waals surface area contributed by atoms with Gasteiger partial charge < -0.3 is 4.74 Å². The maximum absolute atomic E-state index is 13.3. The van der Waals surface area contributed by atoms with Gasteiger partial charge in [0.25, 0.3) is 0 Å². The zero-order valence-corrected chi connectivity index (χ0v) is 19.2. The fraction of sp³-hybridized carbons (Fsp3) is 0.0769. The van der Waals surface area contributed by atoms with E-state index in [2.05, 4.69) is 10.2 Å². The minimum absolute atomic E-state index is 0.189. The number of hydrogen-bond donors (Lipinski definition) is 0. The zero-order chi connectivity index (χ0) is 22.6. The van der Waals surface area contributed by atoms with Crippen LogP contribution in [-0.2, 0) is 23.2 Å². The first-order valence-corrected chi connectivity index (χ1v) is 12.1. The van der Waals surface area contributed by atoms with E-state index in [1.54, 1.807) is 12.1 Å². The van der Waals surface area contributed by atoms with Gasteiger partial charge in [-0.3, -0.25) is 8.78 Å². The van der Waals surface area contributed by atoms with E-state index in [4.69, 9.17) is 16.3 Å². The number of ether oxygens (including phenoxy) is 1. The molecule has 0 saturated carbocycles. The number of benzene rings is 4. The summed E-state index contributed by atoms with van der Waals surface area (Å²) in [4.78, 5) is 0. The molecule has 5 aromatic rings. The average Bonchev–Trinajstić information content (AvgIpc) is 3.29. The fourth-order valence-corrected chi connectivity index (χ4v) is 4.93. The maximum Gasteiger partial charge on any atom is 0.226 e. The number of halogens is 1. The molecule has 0 saturated heterocycles. The molecule has 5 nitrogen and oxygen atoms in total. The van der Waals surface area contributed by atoms with Gasteiger partial charge in [-0.25, -0.2) is 0 Å². The first kappa shape index (κ1) is 21.4. The molecule has 7 heteroatoms. The quantitative estimate of drug-likeness (QED) is 0.292. The molecule has 0 aliphatic carbocycles. The van der Waals surface area contributed by atoms with Crippen molar-refractivity contribution in [3.8, 4) is 11.4 Å². The summed E-state index contributed by atoms with van der Waals surface area (Å²) in [6, 6.07) is 31.0. The van der Waals surface area contributed by atoms with Gasteiger partial charge in [0.05, 0.1) is 16.6 Å². The molecule has 5 rings (SSSR count). The highest BCUT2D eigenvalue weighted by molar-refractivity contribution is 7.84. The van der Waals surface area contributed by atoms with Crippen molar-refractivity contribution in [3.05, 3.63) is 113 Å². The standard InChI is InChI=1S/C26H20ClN3O2S/c27-21-15-13-19(14-16-21)18-33(31)26-29-28-25(30(26)22-9-2-1-3-10-22)17-32-24-12-6-8-20-7-4-5-11-23(20)24/h1-16H,17-18H2. The van der Waals surface area contributed by atoms with E-state index < -0.39 is 10.8 Å². The van der Waals surface area contributed by atoms with Crippen molar-refractivity contribution in [1.82, 2.24) is 14.8 Å². The van der Waals surface area contributed by atoms with Crippen LogP contribution in [-0.4, -0.2) is 19.0 Å². The Bertz CT molecular complexity index is 1410. The molecular weight excluding hydrogens is 454 g/mol. The minimum atomic E-state index is -1.41. The molecular formula is C26H20ClN3O2S. The van der Waals surface area contributed by atoms with Crippen LogP contribution in [0.15, 0.2) is 102 Å². The Morgan fingerprint density at radius 3 is 2.36 bits per heavy atom. The van der Waals surface area contributed by atoms with Crippen LogP contribution < -0.4 is 4.74 Å². The van der Waals surface area contributed by atoms with Gasteiger partial charge in [0.1, 0.15) is 12.4 Å². The largest absolute Gasteiger partial charge is 0.485 e. The summed E-state index contributed by atoms with van der Waals surface area (Å²) in [5.74, 6) is 1.65. The van der Waals surface area contributed by atoms with Crippen molar-refractivity contribution in [1.29, 1.82) is 0 Å². The lowest BCUT2D eigenvalue weighted by atomic mass is 10.1. The highest BCUT2D eigenvalue weighted by atomic mass is 35.5. The van der Waals surface area contributed by atoms with Crippen molar-refractivity contribution in [2.24, 2.45) is 0 Å². The van der Waals surface area contributed by atoms with E-state index in [0.717, 1.165) is 27.8 Å². The molecule has 0 spiro atoms. The maximum atomic E-state index is 13.3. The van der Waals surface area contributed by atoms with Gasteiger partial charge in [0.2, 0.25) is 5.16 Å². The SMILES string of the molecule is O=S(Cc1ccc(Cl)cc1)c1nnc(COc2cccc3ccccc23)n1-c1ccccc1. The second kappa shape index (κ2) is 9.57. The summed E-state index contributed by atoms with van der Waals surface area (Å²) < 4.78 is 21.2. The Morgan fingerprint density at radius 1 is 0.818 bits per heavy atom. The summed E-state index contributed by atoms with van der Waals surface area (Å²) >= 11 is 5.98. The lowest BCUT2D eigenvalue weighted by molar-refractivity contribution is 0.296. The van der Waals surface area contributed by atoms with E-state index in [1.807, 2.05) is 89.5 Å². The number of rotatable bonds is 7. The number of aromatic nitrogens is 3. The Labute approximate surface area is 199 Å². The van der Waals surface area contributed by atoms with Gasteiger partial charge in [0, 0.05) is 16.1 Å². The van der Waals surface area contributed by atoms with Crippen LogP contribution in [0.25, 0.3) is 16.5 Å². The molecule has 4 aromatic carbocycles. The van der Waals surface area contributed by atoms with Gasteiger partial charge in [-0.1, -0.05) is 78.3 Å². The molecule has 0 amide bonds. The van der Waals surface area contributed by atoms with Gasteiger partial charge in [0.15, 0.2) is 5.82 Å². The number of hydrogen-bond acceptors (Lipinski definition) is 4. The number of para-hydroxylation sites is 1. The summed E-state index contributed by atoms with van der Waals surface area (Å²) in [6.07, 6.45) is 0. The van der Waals surface area contributed by atoms with E-state index in [-0.39, 0.29) is 6.61 Å². The van der Waals surface area contributed by atoms with Crippen LogP contribution in [0.4, 0.5) is 0 Å². The Morgan fingerprint density at radius 2 is 1.55 bits per heavy atom. The van der Waals surface area contributed by atoms with E-state index in [0.29, 0.717) is 21.8 Å². The fourth-order valence-electron chi connectivity index (χ4n) is 3.64. The molecule has 0 N–H and O–H groups in total. The lowest BCUT2D eigenvalue weighted by Crippen LogP contribution is -2.10. The molecule has 1 aromatic heterocycles. The molecule has 33 heavy (non-hydrogen) atoms. The summed E-state index contributed by atoms with van der Waals surface area (Å²) in [7, 11) is -1.41. The molecule has 0 aliphatic rings. The molecule has 0 bridgehead atoms. The zero-order valence-electron chi connectivity index (χ0n) is 17.6. The van der Waals surface area contributed by atoms with Gasteiger partial charge in [-0.2, -0.15) is 0 Å². The van der Waals surface area contributed by atoms with E-state index in [1.165, 1.54) is 0 Å². The minimum Gasteiger partial charge on any atom is -0.485 e. The van der Waals surface area contributed by atoms with Crippen molar-refractivity contribution in [3.63, 3.8) is 0 Å². The lowest BCUT2D eigenvalue weighted by Gasteiger charge is -2.12. The number of nitrogens with zero attached hydrogens (tertiary/aromatic N) is 3. The van der Waals surface area contributed by atoms with Crippen molar-refractivity contribution < 1.29 is 8.95 Å². The van der Waals surface area contributed by atoms with Crippen LogP contribution in [0.2, 0.25) is 5.02 Å². The second-order valence-electron chi connectivity index (χ2n) is 7.45. The summed E-state index contributed by atoms with van der Waals surface area (Å²) in [5.41, 5.74) is 1.74. The van der Waals surface area contributed by atoms with Gasteiger partial charge in [-0.15, -0.1) is 10.2 Å². The van der Waals surface area contributed by atoms with Crippen molar-refractivity contribution >= 4 is 33.2 Å². The van der Waals surface area contributed by atoms with E-state index >= 15 is 0 Å². The highest BCUT2D eigenvalue weighted by Crippen LogP contribution is 2.26. The van der Waals surface area contributed by atoms with Crippen LogP contribution in [0, 0.1) is 0 Å². The van der Waals surface area contributed by atoms with Crippen molar-refractivity contribution in [2.75, 3.05) is 0 Å². The van der Waals surface area contributed by atoms with E-state index in [9.17, 15) is 4.21 Å². The summed E-state index contributed by atoms with van der Waals surface area (Å²) in [5, 5.41) is 11.8. The molecule has 0 radical (unpaired) electrons. The highest BCUT2D eigenvalue weighted by Gasteiger charge is 2.20. The predicted octanol–water partition coefficient (Wildman–Crippen LogP) is 5.96. The van der Waals surface area contributed by atoms with Crippen LogP contribution in [0.1, 0.15) is 11.4 Å². The van der Waals surface area contributed by atoms with Gasteiger partial charge >= 0.3 is 0 Å². The Kier molecular flexibility index (Phi) is 6.19. The monoisotopic (exact) mass is 473 g/mol. The van der Waals surface area contributed by atoms with Crippen molar-refractivity contribution in [2.45, 2.75) is 17.5 Å². The molecule has 0 aliphatic heterocycles. The molecule has 164 valence electrons. The third kappa shape index (κ3) is 4.67. The number of fused-ring (bicyclic) bond motifs is 1. The van der Waals surface area contributed by atoms with Gasteiger partial charge in [-0.05, 0) is 41.3 Å². The first-order valence-electron chi connectivity index (χ1n) is 10.4. The molecule has 1 heterocycles. The predicted molar refractivity (Wildman–Crippen MR) is 131 cm³/mol. The average molecular weight is 474 g/mol. The first-order chi connectivity index (χ1) is 16.2. The third-order valence-corrected chi connectivity index (χ3v) is 6.75. The Hall–Kier alpha value is -3.48. The Balaban J connectivity index is 1.47. The molecule has 1 unspecified atom stereocenters. The normalized spacial score (nSPS) is 12.0. The van der Waals surface area contributed by atoms with Crippen LogP contribution in [0.5, 0.6) is 5.75 Å². The molecule has 1 atom stereocenters. The third-order valence-electron chi connectivity index (χ3n) is 5.24.